The van der Waals surface area contributed by atoms with Gasteiger partial charge in [0.1, 0.15) is 79.8 Å². The van der Waals surface area contributed by atoms with Gasteiger partial charge >= 0.3 is 0 Å². The molecule has 5 aromatic carbocycles. The van der Waals surface area contributed by atoms with E-state index in [1.165, 1.54) is 97.6 Å². The Labute approximate surface area is 296 Å². The van der Waals surface area contributed by atoms with Gasteiger partial charge in [0, 0.05) is 11.6 Å². The minimum Gasteiger partial charge on any atom is -0.387 e. The van der Waals surface area contributed by atoms with Gasteiger partial charge in [-0.25, -0.2) is 4.98 Å². The quantitative estimate of drug-likeness (QED) is 0.101. The molecule has 0 radical (unpaired) electrons. The molecule has 0 saturated heterocycles. The van der Waals surface area contributed by atoms with E-state index in [1.807, 2.05) is 28.8 Å². The van der Waals surface area contributed by atoms with E-state index < -0.39 is 11.2 Å². The molecule has 0 aliphatic heterocycles. The van der Waals surface area contributed by atoms with Crippen molar-refractivity contribution in [3.8, 4) is 11.1 Å². The van der Waals surface area contributed by atoms with Crippen molar-refractivity contribution in [3.05, 3.63) is 84.2 Å². The minimum atomic E-state index is -2.45. The van der Waals surface area contributed by atoms with E-state index in [9.17, 15) is 15.3 Å². The van der Waals surface area contributed by atoms with Gasteiger partial charge in [-0.3, -0.25) is 4.57 Å². The fraction of sp³-hybridized carbons (Fsp3) is 0.0882. The molecule has 3 N–H and O–H groups in total. The summed E-state index contributed by atoms with van der Waals surface area (Å²) in [6, 6.07) is 18.5. The Morgan fingerprint density at radius 2 is 1.10 bits per heavy atom. The zero-order valence-electron chi connectivity index (χ0n) is 30.2. The van der Waals surface area contributed by atoms with Crippen LogP contribution in [0.5, 0.6) is 0 Å². The highest BCUT2D eigenvalue weighted by atomic mass is 16.5. The number of hydrogen-bond acceptors (Lipinski definition) is 4. The number of para-hydroxylation sites is 2. The summed E-state index contributed by atoms with van der Waals surface area (Å²) in [4.78, 5) is 4.84. The number of aromatic nitrogens is 2. The largest absolute Gasteiger partial charge is 0.387 e. The van der Waals surface area contributed by atoms with Crippen molar-refractivity contribution in [2.45, 2.75) is 17.1 Å². The average Bonchev–Trinajstić information content (AvgIpc) is 3.71. The van der Waals surface area contributed by atoms with E-state index in [0.29, 0.717) is 5.52 Å². The number of allylic oxidation sites excluding steroid dienone is 4. The molecule has 230 valence electrons. The summed E-state index contributed by atoms with van der Waals surface area (Å²) in [5.41, 5.74) is 11.7. The third kappa shape index (κ3) is 4.76. The van der Waals surface area contributed by atoms with Gasteiger partial charge in [0.15, 0.2) is 15.7 Å². The lowest BCUT2D eigenvalue weighted by atomic mass is 9.59. The standard InChI is InChI=1S/C34H36B10N2O3/c35-24-20-18(13-7-2-1-3-8-13)21-23(27(38)31(42)29(40)25(21)36)19(22(20)26(37)30(41)28(24)39)14-9-6-12-16(14)46-17-11-5-4-10-15(17)45-32(46)33(43,47)34(44,48)49/h1-12,14,47-49H,35-44H2. The SMILES string of the molecule is Bc1c(B)c(B)c2c(C3C=CC=C3n3c(C(B)(O)C(B)(O)O)nc4ccccc43)c3c(B)c(B)c(B)c(B)c3c(-c3ccccc3)c2c1B. The van der Waals surface area contributed by atoms with Crippen LogP contribution >= 0.6 is 0 Å². The van der Waals surface area contributed by atoms with Crippen LogP contribution in [0.15, 0.2) is 72.8 Å². The normalized spacial score (nSPS) is 16.1. The average molecular weight is 629 g/mol. The van der Waals surface area contributed by atoms with Gasteiger partial charge in [0.2, 0.25) is 0 Å². The molecule has 7 rings (SSSR count). The van der Waals surface area contributed by atoms with Crippen molar-refractivity contribution in [3.63, 3.8) is 0 Å². The fourth-order valence-electron chi connectivity index (χ4n) is 8.13. The van der Waals surface area contributed by atoms with Crippen molar-refractivity contribution in [2.24, 2.45) is 0 Å². The smallest absolute Gasteiger partial charge is 0.181 e. The van der Waals surface area contributed by atoms with Gasteiger partial charge in [-0.15, -0.1) is 21.9 Å². The topological polar surface area (TPSA) is 78.5 Å². The number of nitrogens with zero attached hydrogens (tertiary/aromatic N) is 2. The molecule has 49 heavy (non-hydrogen) atoms. The Hall–Kier alpha value is -3.90. The number of hydrogen-bond donors (Lipinski definition) is 3. The Balaban J connectivity index is 1.71. The molecule has 1 aliphatic rings. The number of benzene rings is 5. The first-order valence-electron chi connectivity index (χ1n) is 17.1. The van der Waals surface area contributed by atoms with E-state index in [0.717, 1.165) is 11.2 Å². The maximum absolute atomic E-state index is 11.8. The van der Waals surface area contributed by atoms with Crippen LogP contribution in [0.1, 0.15) is 17.3 Å². The van der Waals surface area contributed by atoms with Crippen LogP contribution in [0.2, 0.25) is 0 Å². The number of imidazole rings is 1. The van der Waals surface area contributed by atoms with Gasteiger partial charge in [0.05, 0.1) is 11.0 Å². The zero-order chi connectivity index (χ0) is 35.3. The minimum absolute atomic E-state index is 0.176. The lowest BCUT2D eigenvalue weighted by molar-refractivity contribution is -0.188. The van der Waals surface area contributed by atoms with Crippen molar-refractivity contribution >= 4 is 160 Å². The number of rotatable bonds is 5. The Morgan fingerprint density at radius 3 is 1.63 bits per heavy atom. The van der Waals surface area contributed by atoms with Gasteiger partial charge in [-0.2, -0.15) is 0 Å². The molecule has 0 amide bonds. The van der Waals surface area contributed by atoms with Gasteiger partial charge in [-0.1, -0.05) is 76.5 Å². The highest BCUT2D eigenvalue weighted by Crippen LogP contribution is 2.45. The summed E-state index contributed by atoms with van der Waals surface area (Å²) in [5, 5.41) is 38.5. The second kappa shape index (κ2) is 11.6. The maximum atomic E-state index is 11.8. The third-order valence-electron chi connectivity index (χ3n) is 11.9. The summed E-state index contributed by atoms with van der Waals surface area (Å²) >= 11 is 0. The number of fused-ring (bicyclic) bond motifs is 3. The lowest BCUT2D eigenvalue weighted by Crippen LogP contribution is -2.54. The molecule has 5 nitrogen and oxygen atoms in total. The van der Waals surface area contributed by atoms with Crippen LogP contribution in [-0.4, -0.2) is 109 Å². The Morgan fingerprint density at radius 1 is 0.612 bits per heavy atom. The van der Waals surface area contributed by atoms with E-state index in [-0.39, 0.29) is 11.7 Å². The van der Waals surface area contributed by atoms with E-state index >= 15 is 0 Å². The first kappa shape index (κ1) is 33.6. The zero-order valence-corrected chi connectivity index (χ0v) is 30.2. The molecule has 6 aromatic rings. The summed E-state index contributed by atoms with van der Waals surface area (Å²) in [7, 11) is 20.6. The molecule has 1 aliphatic carbocycles. The Bertz CT molecular complexity index is 2370. The predicted molar refractivity (Wildman–Crippen MR) is 236 cm³/mol. The van der Waals surface area contributed by atoms with Gasteiger partial charge < -0.3 is 15.3 Å². The molecule has 0 saturated carbocycles. The number of aliphatic hydroxyl groups is 3. The van der Waals surface area contributed by atoms with Crippen molar-refractivity contribution < 1.29 is 15.3 Å². The van der Waals surface area contributed by atoms with Crippen LogP contribution < -0.4 is 43.7 Å². The van der Waals surface area contributed by atoms with E-state index in [2.05, 4.69) is 111 Å². The molecular weight excluding hydrogens is 593 g/mol. The molecule has 2 atom stereocenters. The second-order valence-electron chi connectivity index (χ2n) is 14.5. The highest BCUT2D eigenvalue weighted by Gasteiger charge is 2.46. The van der Waals surface area contributed by atoms with Crippen molar-refractivity contribution in [2.75, 3.05) is 0 Å². The Kier molecular flexibility index (Phi) is 7.94. The predicted octanol–water partition coefficient (Wildman–Crippen LogP) is -9.68. The van der Waals surface area contributed by atoms with Crippen molar-refractivity contribution in [1.29, 1.82) is 0 Å². The highest BCUT2D eigenvalue weighted by molar-refractivity contribution is 6.70. The second-order valence-corrected chi connectivity index (χ2v) is 14.5. The monoisotopic (exact) mass is 630 g/mol. The van der Waals surface area contributed by atoms with Crippen LogP contribution in [0.25, 0.3) is 49.4 Å². The molecule has 0 fully saturated rings. The molecular formula is C34H36B10N2O3. The van der Waals surface area contributed by atoms with Crippen LogP contribution in [0.4, 0.5) is 0 Å². The first-order valence-corrected chi connectivity index (χ1v) is 17.1. The van der Waals surface area contributed by atoms with Crippen LogP contribution in [0.3, 0.4) is 0 Å². The van der Waals surface area contributed by atoms with Gasteiger partial charge in [0.25, 0.3) is 0 Å². The first-order chi connectivity index (χ1) is 23.1. The molecule has 0 spiro atoms. The summed E-state index contributed by atoms with van der Waals surface area (Å²) in [6.07, 6.45) is 6.41. The molecule has 2 unspecified atom stereocenters. The van der Waals surface area contributed by atoms with Gasteiger partial charge in [-0.05, 0) is 56.4 Å². The van der Waals surface area contributed by atoms with Crippen LogP contribution in [0, 0.1) is 0 Å². The van der Waals surface area contributed by atoms with E-state index in [4.69, 9.17) is 4.98 Å². The van der Waals surface area contributed by atoms with Crippen molar-refractivity contribution in [1.82, 2.24) is 9.55 Å². The van der Waals surface area contributed by atoms with E-state index in [1.54, 1.807) is 0 Å². The maximum Gasteiger partial charge on any atom is 0.181 e. The molecule has 1 heterocycles. The summed E-state index contributed by atoms with van der Waals surface area (Å²) < 4.78 is 1.94. The van der Waals surface area contributed by atoms with Crippen LogP contribution in [-0.2, 0) is 5.50 Å². The molecule has 1 aromatic heterocycles. The third-order valence-corrected chi connectivity index (χ3v) is 11.9. The lowest BCUT2D eigenvalue weighted by Gasteiger charge is -2.35. The molecule has 0 bridgehead atoms. The summed E-state index contributed by atoms with van der Waals surface area (Å²) in [5.74, 6) is -0.0541. The summed E-state index contributed by atoms with van der Waals surface area (Å²) in [6.45, 7) is 0. The molecule has 15 heteroatoms. The fourth-order valence-corrected chi connectivity index (χ4v) is 8.13.